The van der Waals surface area contributed by atoms with E-state index in [1.807, 2.05) is 6.92 Å². The topological polar surface area (TPSA) is 29.6 Å². The molecule has 2 fully saturated rings. The first kappa shape index (κ1) is 50.5. The highest BCUT2D eigenvalue weighted by Crippen LogP contribution is 2.54. The molecule has 7 atom stereocenters. The standard InChI is InChI=1S/C53H100O2/c1-23-50(15,16)43(40-25-26-44-45(31-40)55-44)35-47(9,10)29-30-53(21,22)42(39(5)54)34-49(13,14)36-48(11,12)33-41(37(2)3)52(19,20)28-24-27-51(17,18)38(4)32-46(6,7)8/h38,40-45H,2,23-36H2,1,3-22H3. The van der Waals surface area contributed by atoms with Crippen molar-refractivity contribution in [1.29, 1.82) is 0 Å². The Hall–Kier alpha value is -0.630. The SMILES string of the molecule is C=C(C)C(CC(C)(C)CC(C)(C)CC(C(C)=O)C(C)(C)CCC(C)(C)CC(C1CCC2OC2C1)C(C)(C)CC)C(C)(C)CCCC(C)(C)C(C)CC(C)(C)C. The zero-order valence-corrected chi connectivity index (χ0v) is 41.5. The second-order valence-electron chi connectivity index (χ2n) is 26.6. The molecule has 0 spiro atoms. The van der Waals surface area contributed by atoms with E-state index >= 15 is 0 Å². The molecule has 55 heavy (non-hydrogen) atoms. The summed E-state index contributed by atoms with van der Waals surface area (Å²) < 4.78 is 6.00. The van der Waals surface area contributed by atoms with E-state index in [9.17, 15) is 4.79 Å². The van der Waals surface area contributed by atoms with E-state index in [1.165, 1.54) is 69.8 Å². The molecule has 0 aromatic rings. The monoisotopic (exact) mass is 769 g/mol. The Bertz CT molecular complexity index is 1230. The van der Waals surface area contributed by atoms with Crippen LogP contribution in [-0.4, -0.2) is 18.0 Å². The second kappa shape index (κ2) is 18.3. The number of carbonyl (C=O) groups is 1. The van der Waals surface area contributed by atoms with Gasteiger partial charge >= 0.3 is 0 Å². The summed E-state index contributed by atoms with van der Waals surface area (Å²) in [4.78, 5) is 13.6. The molecule has 0 amide bonds. The minimum Gasteiger partial charge on any atom is -0.370 e. The van der Waals surface area contributed by atoms with Gasteiger partial charge in [-0.3, -0.25) is 4.79 Å². The van der Waals surface area contributed by atoms with Gasteiger partial charge in [0.05, 0.1) is 12.2 Å². The van der Waals surface area contributed by atoms with Crippen LogP contribution in [0.15, 0.2) is 12.2 Å². The van der Waals surface area contributed by atoms with Crippen LogP contribution in [0.3, 0.4) is 0 Å². The first-order valence-corrected chi connectivity index (χ1v) is 23.4. The molecule has 0 aromatic carbocycles. The highest BCUT2D eigenvalue weighted by atomic mass is 16.6. The third kappa shape index (κ3) is 15.8. The van der Waals surface area contributed by atoms with Crippen LogP contribution in [0.5, 0.6) is 0 Å². The molecule has 0 bridgehead atoms. The van der Waals surface area contributed by atoms with E-state index in [4.69, 9.17) is 4.74 Å². The molecule has 1 aliphatic heterocycles. The average Bonchev–Trinajstić information content (AvgIpc) is 3.78. The zero-order valence-electron chi connectivity index (χ0n) is 41.5. The number of hydrogen-bond acceptors (Lipinski definition) is 2. The van der Waals surface area contributed by atoms with Gasteiger partial charge in [-0.15, -0.1) is 0 Å². The Morgan fingerprint density at radius 2 is 1.13 bits per heavy atom. The molecule has 2 rings (SSSR count). The highest BCUT2D eigenvalue weighted by Gasteiger charge is 2.49. The van der Waals surface area contributed by atoms with Gasteiger partial charge in [0.1, 0.15) is 5.78 Å². The largest absolute Gasteiger partial charge is 0.370 e. The molecule has 0 aromatic heterocycles. The van der Waals surface area contributed by atoms with Crippen molar-refractivity contribution in [1.82, 2.24) is 0 Å². The van der Waals surface area contributed by atoms with Crippen LogP contribution in [0.25, 0.3) is 0 Å². The number of allylic oxidation sites excluding steroid dienone is 1. The number of hydrogen-bond donors (Lipinski definition) is 0. The van der Waals surface area contributed by atoms with Crippen LogP contribution in [0.4, 0.5) is 0 Å². The first-order valence-electron chi connectivity index (χ1n) is 23.4. The van der Waals surface area contributed by atoms with Crippen LogP contribution < -0.4 is 0 Å². The Morgan fingerprint density at radius 3 is 1.60 bits per heavy atom. The molecule has 1 aliphatic carbocycles. The van der Waals surface area contributed by atoms with E-state index < -0.39 is 0 Å². The lowest BCUT2D eigenvalue weighted by atomic mass is 9.58. The molecule has 0 N–H and O–H groups in total. The molecule has 324 valence electrons. The summed E-state index contributed by atoms with van der Waals surface area (Å²) in [5.74, 6) is 3.12. The fraction of sp³-hybridized carbons (Fsp3) is 0.943. The maximum atomic E-state index is 13.6. The van der Waals surface area contributed by atoms with Gasteiger partial charge in [0.2, 0.25) is 0 Å². The number of fused-ring (bicyclic) bond motifs is 1. The molecule has 1 saturated carbocycles. The summed E-state index contributed by atoms with van der Waals surface area (Å²) >= 11 is 0. The van der Waals surface area contributed by atoms with Crippen molar-refractivity contribution in [3.8, 4) is 0 Å². The van der Waals surface area contributed by atoms with Gasteiger partial charge < -0.3 is 4.74 Å². The van der Waals surface area contributed by atoms with Crippen LogP contribution in [0, 0.1) is 72.9 Å². The van der Waals surface area contributed by atoms with Crippen molar-refractivity contribution < 1.29 is 9.53 Å². The predicted molar refractivity (Wildman–Crippen MR) is 244 cm³/mol. The van der Waals surface area contributed by atoms with Crippen LogP contribution >= 0.6 is 0 Å². The third-order valence-electron chi connectivity index (χ3n) is 16.1. The Kier molecular flexibility index (Phi) is 16.8. The Morgan fingerprint density at radius 1 is 0.618 bits per heavy atom. The van der Waals surface area contributed by atoms with Gasteiger partial charge in [0.15, 0.2) is 0 Å². The maximum absolute atomic E-state index is 13.6. The fourth-order valence-corrected chi connectivity index (χ4v) is 11.9. The number of Topliss-reactive ketones (excluding diaryl/α,β-unsaturated/α-hetero) is 1. The summed E-state index contributed by atoms with van der Waals surface area (Å²) in [5, 5.41) is 0. The number of epoxide rings is 1. The van der Waals surface area contributed by atoms with Crippen LogP contribution in [-0.2, 0) is 9.53 Å². The van der Waals surface area contributed by atoms with Crippen LogP contribution in [0.2, 0.25) is 0 Å². The quantitative estimate of drug-likeness (QED) is 0.0723. The number of carbonyl (C=O) groups excluding carboxylic acids is 1. The maximum Gasteiger partial charge on any atom is 0.133 e. The van der Waals surface area contributed by atoms with E-state index in [2.05, 4.69) is 145 Å². The average molecular weight is 769 g/mol. The lowest BCUT2D eigenvalue weighted by molar-refractivity contribution is -0.126. The molecule has 1 saturated heterocycles. The molecule has 2 heteroatoms. The summed E-state index contributed by atoms with van der Waals surface area (Å²) in [7, 11) is 0. The summed E-state index contributed by atoms with van der Waals surface area (Å²) in [5.41, 5.74) is 2.98. The molecular weight excluding hydrogens is 669 g/mol. The molecule has 2 nitrogen and oxygen atoms in total. The van der Waals surface area contributed by atoms with Crippen molar-refractivity contribution in [2.75, 3.05) is 0 Å². The van der Waals surface area contributed by atoms with Gasteiger partial charge in [0.25, 0.3) is 0 Å². The highest BCUT2D eigenvalue weighted by molar-refractivity contribution is 5.79. The van der Waals surface area contributed by atoms with Crippen molar-refractivity contribution in [2.45, 2.75) is 247 Å². The smallest absolute Gasteiger partial charge is 0.133 e. The molecule has 0 radical (unpaired) electrons. The predicted octanol–water partition coefficient (Wildman–Crippen LogP) is 16.7. The zero-order chi connectivity index (χ0) is 42.8. The van der Waals surface area contributed by atoms with Gasteiger partial charge in [-0.1, -0.05) is 157 Å². The van der Waals surface area contributed by atoms with Crippen molar-refractivity contribution >= 4 is 5.78 Å². The molecule has 2 aliphatic rings. The number of ether oxygens (including phenoxy) is 1. The summed E-state index contributed by atoms with van der Waals surface area (Å²) in [6.07, 6.45) is 18.0. The van der Waals surface area contributed by atoms with Gasteiger partial charge in [-0.2, -0.15) is 0 Å². The molecule has 7 unspecified atom stereocenters. The van der Waals surface area contributed by atoms with E-state index in [0.717, 1.165) is 31.6 Å². The molecule has 1 heterocycles. The summed E-state index contributed by atoms with van der Waals surface area (Å²) in [6, 6.07) is 0. The Balaban J connectivity index is 2.11. The summed E-state index contributed by atoms with van der Waals surface area (Å²) in [6.45, 7) is 55.5. The fourth-order valence-electron chi connectivity index (χ4n) is 11.9. The number of ketones is 1. The van der Waals surface area contributed by atoms with Gasteiger partial charge in [0, 0.05) is 5.92 Å². The lowest BCUT2D eigenvalue weighted by Gasteiger charge is -2.46. The van der Waals surface area contributed by atoms with E-state index in [1.54, 1.807) is 0 Å². The van der Waals surface area contributed by atoms with Gasteiger partial charge in [-0.05, 0) is 158 Å². The second-order valence-corrected chi connectivity index (χ2v) is 26.6. The van der Waals surface area contributed by atoms with Crippen LogP contribution in [0.1, 0.15) is 235 Å². The lowest BCUT2D eigenvalue weighted by Crippen LogP contribution is -2.38. The minimum absolute atomic E-state index is 0.0411. The first-order chi connectivity index (χ1) is 24.6. The van der Waals surface area contributed by atoms with Crippen molar-refractivity contribution in [3.63, 3.8) is 0 Å². The van der Waals surface area contributed by atoms with Crippen molar-refractivity contribution in [2.24, 2.45) is 72.9 Å². The normalized spacial score (nSPS) is 22.8. The van der Waals surface area contributed by atoms with E-state index in [0.29, 0.717) is 52.0 Å². The minimum atomic E-state index is -0.0411. The molecular formula is C53H100O2. The van der Waals surface area contributed by atoms with Crippen molar-refractivity contribution in [3.05, 3.63) is 12.2 Å². The van der Waals surface area contributed by atoms with Gasteiger partial charge in [-0.25, -0.2) is 0 Å². The Labute approximate surface area is 346 Å². The van der Waals surface area contributed by atoms with E-state index in [-0.39, 0.29) is 33.0 Å². The number of rotatable bonds is 24. The third-order valence-corrected chi connectivity index (χ3v) is 16.1.